The van der Waals surface area contributed by atoms with Crippen molar-refractivity contribution in [2.45, 2.75) is 18.6 Å². The Kier molecular flexibility index (Phi) is 4.43. The molecule has 2 heterocycles. The third-order valence-electron chi connectivity index (χ3n) is 3.95. The summed E-state index contributed by atoms with van der Waals surface area (Å²) in [7, 11) is -3.31. The molecule has 5 nitrogen and oxygen atoms in total. The minimum absolute atomic E-state index is 0.0156. The topological polar surface area (TPSA) is 67.3 Å². The zero-order valence-corrected chi connectivity index (χ0v) is 13.5. The van der Waals surface area contributed by atoms with Crippen molar-refractivity contribution >= 4 is 21.4 Å². The van der Waals surface area contributed by atoms with E-state index >= 15 is 0 Å². The molecule has 1 aromatic carbocycles. The van der Waals surface area contributed by atoms with Crippen molar-refractivity contribution in [1.29, 1.82) is 0 Å². The summed E-state index contributed by atoms with van der Waals surface area (Å²) in [5, 5.41) is 0. The summed E-state index contributed by atoms with van der Waals surface area (Å²) in [4.78, 5) is 17.9. The van der Waals surface area contributed by atoms with Gasteiger partial charge in [-0.15, -0.1) is 0 Å². The first-order valence-corrected chi connectivity index (χ1v) is 9.35. The Hall–Kier alpha value is -2.21. The number of fused-ring (bicyclic) bond motifs is 1. The fourth-order valence-electron chi connectivity index (χ4n) is 2.78. The van der Waals surface area contributed by atoms with Gasteiger partial charge in [0.15, 0.2) is 9.84 Å². The molecule has 0 saturated heterocycles. The maximum Gasteiger partial charge on any atom is 0.228 e. The number of hydrogen-bond acceptors (Lipinski definition) is 4. The molecule has 0 spiro atoms. The number of carbonyl (C=O) groups is 1. The van der Waals surface area contributed by atoms with E-state index in [1.165, 1.54) is 0 Å². The average Bonchev–Trinajstić information content (AvgIpc) is 2.97. The largest absolute Gasteiger partial charge is 0.312 e. The highest BCUT2D eigenvalue weighted by atomic mass is 32.2. The molecule has 0 bridgehead atoms. The molecule has 0 N–H and O–H groups in total. The van der Waals surface area contributed by atoms with Gasteiger partial charge in [-0.1, -0.05) is 18.2 Å². The normalized spacial score (nSPS) is 13.8. The Morgan fingerprint density at radius 2 is 1.87 bits per heavy atom. The van der Waals surface area contributed by atoms with Gasteiger partial charge >= 0.3 is 0 Å². The van der Waals surface area contributed by atoms with Gasteiger partial charge in [0, 0.05) is 31.0 Å². The first-order valence-electron chi connectivity index (χ1n) is 7.53. The molecule has 0 saturated carbocycles. The number of pyridine rings is 1. The lowest BCUT2D eigenvalue weighted by molar-refractivity contribution is -0.118. The van der Waals surface area contributed by atoms with Crippen LogP contribution in [0.1, 0.15) is 17.5 Å². The Bertz CT molecular complexity index is 804. The lowest BCUT2D eigenvalue weighted by Crippen LogP contribution is -2.30. The molecule has 2 aromatic rings. The van der Waals surface area contributed by atoms with Crippen LogP contribution in [0.25, 0.3) is 0 Å². The summed E-state index contributed by atoms with van der Waals surface area (Å²) < 4.78 is 24.3. The number of carbonyl (C=O) groups excluding carboxylic acids is 1. The molecule has 0 fully saturated rings. The molecule has 0 atom stereocenters. The highest BCUT2D eigenvalue weighted by Crippen LogP contribution is 2.27. The number of amides is 1. The van der Waals surface area contributed by atoms with E-state index in [9.17, 15) is 13.2 Å². The van der Waals surface area contributed by atoms with Crippen LogP contribution in [0.15, 0.2) is 48.8 Å². The predicted octanol–water partition coefficient (Wildman–Crippen LogP) is 1.98. The number of nitrogens with zero attached hydrogens (tertiary/aromatic N) is 2. The van der Waals surface area contributed by atoms with Crippen molar-refractivity contribution < 1.29 is 13.2 Å². The lowest BCUT2D eigenvalue weighted by atomic mass is 10.2. The Morgan fingerprint density at radius 3 is 2.65 bits per heavy atom. The zero-order valence-electron chi connectivity index (χ0n) is 12.7. The molecular weight excluding hydrogens is 312 g/mol. The SMILES string of the molecule is O=C(CCS(=O)(=O)Cc1ccncc1)N1CCc2ccccc21. The van der Waals surface area contributed by atoms with Crippen molar-refractivity contribution in [2.24, 2.45) is 0 Å². The van der Waals surface area contributed by atoms with E-state index in [0.717, 1.165) is 17.7 Å². The van der Waals surface area contributed by atoms with E-state index < -0.39 is 9.84 Å². The van der Waals surface area contributed by atoms with Crippen LogP contribution in [-0.2, 0) is 26.8 Å². The van der Waals surface area contributed by atoms with Gasteiger partial charge in [-0.2, -0.15) is 0 Å². The predicted molar refractivity (Wildman–Crippen MR) is 88.8 cm³/mol. The van der Waals surface area contributed by atoms with Crippen LogP contribution in [0, 0.1) is 0 Å². The summed E-state index contributed by atoms with van der Waals surface area (Å²) in [6.45, 7) is 0.628. The number of para-hydroxylation sites is 1. The van der Waals surface area contributed by atoms with Crippen LogP contribution in [0.3, 0.4) is 0 Å². The molecule has 6 heteroatoms. The van der Waals surface area contributed by atoms with Gasteiger partial charge in [0.25, 0.3) is 0 Å². The number of anilines is 1. The maximum absolute atomic E-state index is 12.4. The molecule has 1 amide bonds. The summed E-state index contributed by atoms with van der Waals surface area (Å²) in [6, 6.07) is 11.1. The lowest BCUT2D eigenvalue weighted by Gasteiger charge is -2.17. The van der Waals surface area contributed by atoms with Gasteiger partial charge in [0.1, 0.15) is 0 Å². The standard InChI is InChI=1S/C17H18N2O3S/c20-17(19-11-7-15-3-1-2-4-16(15)19)8-12-23(21,22)13-14-5-9-18-10-6-14/h1-6,9-10H,7-8,11-13H2. The second-order valence-corrected chi connectivity index (χ2v) is 7.81. The van der Waals surface area contributed by atoms with Gasteiger partial charge in [-0.3, -0.25) is 9.78 Å². The third-order valence-corrected chi connectivity index (χ3v) is 5.55. The van der Waals surface area contributed by atoms with E-state index in [2.05, 4.69) is 4.98 Å². The monoisotopic (exact) mass is 330 g/mol. The summed E-state index contributed by atoms with van der Waals surface area (Å²) in [5.74, 6) is -0.320. The number of hydrogen-bond donors (Lipinski definition) is 0. The van der Waals surface area contributed by atoms with Crippen LogP contribution in [-0.4, -0.2) is 31.6 Å². The minimum Gasteiger partial charge on any atom is -0.312 e. The van der Waals surface area contributed by atoms with Gasteiger partial charge < -0.3 is 4.90 Å². The molecule has 0 unspecified atom stereocenters. The van der Waals surface area contributed by atoms with Crippen LogP contribution in [0.5, 0.6) is 0 Å². The van der Waals surface area contributed by atoms with Crippen molar-refractivity contribution in [3.8, 4) is 0 Å². The van der Waals surface area contributed by atoms with E-state index in [1.807, 2.05) is 24.3 Å². The van der Waals surface area contributed by atoms with Crippen molar-refractivity contribution in [3.63, 3.8) is 0 Å². The van der Waals surface area contributed by atoms with E-state index in [4.69, 9.17) is 0 Å². The second-order valence-electron chi connectivity index (χ2n) is 5.62. The van der Waals surface area contributed by atoms with Gasteiger partial charge in [-0.25, -0.2) is 8.42 Å². The zero-order chi connectivity index (χ0) is 16.3. The summed E-state index contributed by atoms with van der Waals surface area (Å²) >= 11 is 0. The van der Waals surface area contributed by atoms with Crippen molar-refractivity contribution in [3.05, 3.63) is 59.9 Å². The number of sulfone groups is 1. The molecule has 1 aliphatic heterocycles. The quantitative estimate of drug-likeness (QED) is 0.841. The number of aromatic nitrogens is 1. The molecule has 1 aromatic heterocycles. The number of rotatable bonds is 5. The van der Waals surface area contributed by atoms with Gasteiger partial charge in [0.05, 0.1) is 11.5 Å². The van der Waals surface area contributed by atoms with Crippen LogP contribution in [0.2, 0.25) is 0 Å². The maximum atomic E-state index is 12.4. The Morgan fingerprint density at radius 1 is 1.13 bits per heavy atom. The minimum atomic E-state index is -3.31. The van der Waals surface area contributed by atoms with Gasteiger partial charge in [0.2, 0.25) is 5.91 Å². The van der Waals surface area contributed by atoms with Crippen molar-refractivity contribution in [1.82, 2.24) is 4.98 Å². The molecule has 0 radical (unpaired) electrons. The van der Waals surface area contributed by atoms with E-state index in [-0.39, 0.29) is 23.8 Å². The molecule has 120 valence electrons. The summed E-state index contributed by atoms with van der Waals surface area (Å²) in [6.07, 6.45) is 3.97. The van der Waals surface area contributed by atoms with Crippen LogP contribution < -0.4 is 4.90 Å². The van der Waals surface area contributed by atoms with Crippen LogP contribution in [0.4, 0.5) is 5.69 Å². The first kappa shape index (κ1) is 15.7. The molecule has 0 aliphatic carbocycles. The van der Waals surface area contributed by atoms with E-state index in [1.54, 1.807) is 29.4 Å². The second kappa shape index (κ2) is 6.50. The smallest absolute Gasteiger partial charge is 0.228 e. The third kappa shape index (κ3) is 3.76. The highest BCUT2D eigenvalue weighted by Gasteiger charge is 2.25. The fraction of sp³-hybridized carbons (Fsp3) is 0.294. The fourth-order valence-corrected chi connectivity index (χ4v) is 4.11. The average molecular weight is 330 g/mol. The molecule has 1 aliphatic rings. The Balaban J connectivity index is 1.61. The van der Waals surface area contributed by atoms with Gasteiger partial charge in [-0.05, 0) is 35.7 Å². The highest BCUT2D eigenvalue weighted by molar-refractivity contribution is 7.90. The van der Waals surface area contributed by atoms with Crippen LogP contribution >= 0.6 is 0 Å². The molecule has 3 rings (SSSR count). The molecule has 23 heavy (non-hydrogen) atoms. The van der Waals surface area contributed by atoms with E-state index in [0.29, 0.717) is 12.1 Å². The number of benzene rings is 1. The van der Waals surface area contributed by atoms with Crippen molar-refractivity contribution in [2.75, 3.05) is 17.2 Å². The summed E-state index contributed by atoms with van der Waals surface area (Å²) in [5.41, 5.74) is 2.74. The molecular formula is C17H18N2O3S. The Labute approximate surface area is 135 Å². The first-order chi connectivity index (χ1) is 11.1.